The maximum Gasteiger partial charge on any atom is 0.306 e. The quantitative estimate of drug-likeness (QED) is 0.0325. The van der Waals surface area contributed by atoms with Crippen LogP contribution in [0.3, 0.4) is 0 Å². The first-order valence-electron chi connectivity index (χ1n) is 24.4. The summed E-state index contributed by atoms with van der Waals surface area (Å²) in [6.45, 7) is 6.43. The second kappa shape index (κ2) is 43.7. The number of amides is 1. The van der Waals surface area contributed by atoms with E-state index in [1.54, 1.807) is 0 Å². The summed E-state index contributed by atoms with van der Waals surface area (Å²) >= 11 is 0. The molecule has 326 valence electrons. The third-order valence-corrected chi connectivity index (χ3v) is 11.3. The highest BCUT2D eigenvalue weighted by Crippen LogP contribution is 2.18. The average molecular weight is 778 g/mol. The van der Waals surface area contributed by atoms with E-state index in [-0.39, 0.29) is 24.9 Å². The van der Waals surface area contributed by atoms with Crippen molar-refractivity contribution in [3.63, 3.8) is 0 Å². The second-order valence-corrected chi connectivity index (χ2v) is 16.9. The minimum Gasteiger partial charge on any atom is -0.462 e. The van der Waals surface area contributed by atoms with E-state index in [9.17, 15) is 19.8 Å². The molecule has 0 radical (unpaired) electrons. The summed E-state index contributed by atoms with van der Waals surface area (Å²) < 4.78 is 5.88. The monoisotopic (exact) mass is 778 g/mol. The molecule has 0 aromatic heterocycles. The van der Waals surface area contributed by atoms with Gasteiger partial charge in [0, 0.05) is 6.42 Å². The lowest BCUT2D eigenvalue weighted by molar-refractivity contribution is -0.151. The topological polar surface area (TPSA) is 95.9 Å². The van der Waals surface area contributed by atoms with E-state index >= 15 is 0 Å². The molecule has 0 aliphatic heterocycles. The molecule has 0 aromatic rings. The zero-order chi connectivity index (χ0) is 40.3. The Balaban J connectivity index is 4.39. The van der Waals surface area contributed by atoms with Gasteiger partial charge in [-0.15, -0.1) is 0 Å². The van der Waals surface area contributed by atoms with Gasteiger partial charge in [-0.25, -0.2) is 0 Å². The lowest BCUT2D eigenvalue weighted by Crippen LogP contribution is -2.46. The molecule has 0 spiro atoms. The molecule has 0 aromatic carbocycles. The van der Waals surface area contributed by atoms with Crippen LogP contribution >= 0.6 is 0 Å². The molecule has 6 nitrogen and oxygen atoms in total. The Morgan fingerprint density at radius 3 is 1.35 bits per heavy atom. The molecule has 1 amide bonds. The Kier molecular flexibility index (Phi) is 42.6. The van der Waals surface area contributed by atoms with E-state index in [4.69, 9.17) is 4.74 Å². The Morgan fingerprint density at radius 2 is 0.891 bits per heavy atom. The number of nitrogens with one attached hydrogen (secondary N) is 1. The number of unbranched alkanes of at least 4 members (excludes halogenated alkanes) is 30. The number of rotatable bonds is 44. The van der Waals surface area contributed by atoms with Crippen LogP contribution in [-0.4, -0.2) is 46.9 Å². The first kappa shape index (κ1) is 53.6. The number of hydrogen-bond donors (Lipinski definition) is 3. The van der Waals surface area contributed by atoms with Crippen molar-refractivity contribution in [3.8, 4) is 0 Å². The first-order valence-corrected chi connectivity index (χ1v) is 24.4. The number of allylic oxidation sites excluding steroid dienone is 2. The number of hydrogen-bond acceptors (Lipinski definition) is 5. The van der Waals surface area contributed by atoms with Crippen molar-refractivity contribution < 1.29 is 24.5 Å². The van der Waals surface area contributed by atoms with E-state index in [1.165, 1.54) is 154 Å². The maximum atomic E-state index is 13.1. The Morgan fingerprint density at radius 1 is 0.509 bits per heavy atom. The summed E-state index contributed by atoms with van der Waals surface area (Å²) in [6, 6.07) is -0.698. The number of ether oxygens (including phenoxy) is 1. The molecule has 6 heteroatoms. The van der Waals surface area contributed by atoms with Crippen molar-refractivity contribution in [2.45, 2.75) is 283 Å². The summed E-state index contributed by atoms with van der Waals surface area (Å²) in [4.78, 5) is 25.9. The number of carbonyl (C=O) groups is 2. The largest absolute Gasteiger partial charge is 0.462 e. The Labute approximate surface area is 342 Å². The first-order chi connectivity index (χ1) is 27.0. The summed E-state index contributed by atoms with van der Waals surface area (Å²) in [5.41, 5.74) is 0. The van der Waals surface area contributed by atoms with Crippen LogP contribution in [0.15, 0.2) is 12.2 Å². The molecule has 0 rings (SSSR count). The van der Waals surface area contributed by atoms with Gasteiger partial charge >= 0.3 is 5.97 Å². The molecular weight excluding hydrogens is 683 g/mol. The number of aliphatic hydroxyl groups is 2. The molecular formula is C49H95NO5. The molecule has 0 saturated heterocycles. The summed E-state index contributed by atoms with van der Waals surface area (Å²) in [6.07, 6.45) is 47.1. The van der Waals surface area contributed by atoms with Crippen LogP contribution in [0.5, 0.6) is 0 Å². The maximum absolute atomic E-state index is 13.1. The van der Waals surface area contributed by atoms with Crippen LogP contribution in [0, 0.1) is 0 Å². The van der Waals surface area contributed by atoms with Crippen LogP contribution < -0.4 is 5.32 Å². The van der Waals surface area contributed by atoms with Crippen molar-refractivity contribution in [3.05, 3.63) is 12.2 Å². The minimum absolute atomic E-state index is 0.0725. The highest BCUT2D eigenvalue weighted by Gasteiger charge is 2.24. The molecule has 3 unspecified atom stereocenters. The lowest BCUT2D eigenvalue weighted by atomic mass is 10.0. The van der Waals surface area contributed by atoms with E-state index in [0.717, 1.165) is 64.2 Å². The average Bonchev–Trinajstić information content (AvgIpc) is 3.18. The van der Waals surface area contributed by atoms with Gasteiger partial charge in [0.25, 0.3) is 0 Å². The number of aliphatic hydroxyl groups excluding tert-OH is 2. The molecule has 0 heterocycles. The number of esters is 1. The lowest BCUT2D eigenvalue weighted by Gasteiger charge is -2.24. The van der Waals surface area contributed by atoms with Crippen molar-refractivity contribution in [2.75, 3.05) is 6.61 Å². The van der Waals surface area contributed by atoms with Crippen molar-refractivity contribution in [1.82, 2.24) is 5.32 Å². The third-order valence-electron chi connectivity index (χ3n) is 11.3. The van der Waals surface area contributed by atoms with Crippen LogP contribution in [-0.2, 0) is 14.3 Å². The summed E-state index contributed by atoms with van der Waals surface area (Å²) in [7, 11) is 0. The minimum atomic E-state index is -0.784. The predicted octanol–water partition coefficient (Wildman–Crippen LogP) is 14.2. The zero-order valence-corrected chi connectivity index (χ0v) is 37.1. The van der Waals surface area contributed by atoms with Gasteiger partial charge in [0.1, 0.15) is 6.10 Å². The SMILES string of the molecule is CCCC/C=C\CCCCCC(CC(=O)NC(CO)C(O)CCCCCCCCCCCCCCCCCCC)OC(=O)CCCCCCCCCCCC. The predicted molar refractivity (Wildman–Crippen MR) is 237 cm³/mol. The van der Waals surface area contributed by atoms with Crippen molar-refractivity contribution in [2.24, 2.45) is 0 Å². The normalized spacial score (nSPS) is 13.3. The molecule has 0 bridgehead atoms. The Hall–Kier alpha value is -1.40. The van der Waals surface area contributed by atoms with E-state index in [1.807, 2.05) is 0 Å². The molecule has 0 saturated carbocycles. The highest BCUT2D eigenvalue weighted by molar-refractivity contribution is 5.77. The Bertz CT molecular complexity index is 832. The van der Waals surface area contributed by atoms with Crippen LogP contribution in [0.2, 0.25) is 0 Å². The van der Waals surface area contributed by atoms with E-state index in [0.29, 0.717) is 19.3 Å². The van der Waals surface area contributed by atoms with E-state index in [2.05, 4.69) is 38.2 Å². The highest BCUT2D eigenvalue weighted by atomic mass is 16.5. The van der Waals surface area contributed by atoms with Crippen molar-refractivity contribution in [1.29, 1.82) is 0 Å². The third kappa shape index (κ3) is 39.2. The van der Waals surface area contributed by atoms with Gasteiger partial charge in [-0.3, -0.25) is 9.59 Å². The standard InChI is InChI=1S/C49H95NO5/c1-4-7-10-13-16-19-21-22-23-24-25-26-27-29-32-35-38-41-47(52)46(44-51)50-48(53)43-45(40-37-34-31-28-18-15-12-9-6-3)55-49(54)42-39-36-33-30-20-17-14-11-8-5-2/h15,18,45-47,51-52H,4-14,16-17,19-44H2,1-3H3,(H,50,53)/b18-15-. The van der Waals surface area contributed by atoms with Gasteiger partial charge in [-0.2, -0.15) is 0 Å². The van der Waals surface area contributed by atoms with Gasteiger partial charge in [0.05, 0.1) is 25.2 Å². The molecule has 3 N–H and O–H groups in total. The van der Waals surface area contributed by atoms with Crippen LogP contribution in [0.4, 0.5) is 0 Å². The molecule has 0 aliphatic rings. The summed E-state index contributed by atoms with van der Waals surface area (Å²) in [5, 5.41) is 23.7. The zero-order valence-electron chi connectivity index (χ0n) is 37.1. The van der Waals surface area contributed by atoms with Gasteiger partial charge < -0.3 is 20.3 Å². The van der Waals surface area contributed by atoms with Gasteiger partial charge in [0.2, 0.25) is 5.91 Å². The second-order valence-electron chi connectivity index (χ2n) is 16.9. The molecule has 0 fully saturated rings. The summed E-state index contributed by atoms with van der Waals surface area (Å²) in [5.74, 6) is -0.482. The smallest absolute Gasteiger partial charge is 0.306 e. The van der Waals surface area contributed by atoms with Crippen molar-refractivity contribution >= 4 is 11.9 Å². The fourth-order valence-corrected chi connectivity index (χ4v) is 7.59. The molecule has 55 heavy (non-hydrogen) atoms. The van der Waals surface area contributed by atoms with Gasteiger partial charge in [-0.05, 0) is 44.9 Å². The fourth-order valence-electron chi connectivity index (χ4n) is 7.59. The van der Waals surface area contributed by atoms with E-state index < -0.39 is 18.2 Å². The van der Waals surface area contributed by atoms with Gasteiger partial charge in [-0.1, -0.05) is 219 Å². The molecule has 3 atom stereocenters. The number of carbonyl (C=O) groups excluding carboxylic acids is 2. The van der Waals surface area contributed by atoms with Gasteiger partial charge in [0.15, 0.2) is 0 Å². The van der Waals surface area contributed by atoms with Crippen LogP contribution in [0.25, 0.3) is 0 Å². The van der Waals surface area contributed by atoms with Crippen LogP contribution in [0.1, 0.15) is 265 Å². The molecule has 0 aliphatic carbocycles. The fraction of sp³-hybridized carbons (Fsp3) is 0.918.